The molecule has 0 saturated heterocycles. The highest BCUT2D eigenvalue weighted by Gasteiger charge is 2.31. The monoisotopic (exact) mass is 287 g/mol. The summed E-state index contributed by atoms with van der Waals surface area (Å²) >= 11 is 1.80. The molecule has 1 atom stereocenters. The van der Waals surface area contributed by atoms with Gasteiger partial charge < -0.3 is 10.1 Å². The fourth-order valence-corrected chi connectivity index (χ4v) is 3.48. The molecule has 1 aromatic carbocycles. The predicted molar refractivity (Wildman–Crippen MR) is 84.4 cm³/mol. The number of benzene rings is 1. The summed E-state index contributed by atoms with van der Waals surface area (Å²) in [5.41, 5.74) is 2.52. The molecule has 1 aromatic heterocycles. The van der Waals surface area contributed by atoms with Gasteiger partial charge in [-0.05, 0) is 37.8 Å². The van der Waals surface area contributed by atoms with E-state index in [2.05, 4.69) is 61.8 Å². The summed E-state index contributed by atoms with van der Waals surface area (Å²) in [6, 6.07) is 11.1. The van der Waals surface area contributed by atoms with Gasteiger partial charge in [0.05, 0.1) is 0 Å². The third-order valence-electron chi connectivity index (χ3n) is 3.74. The standard InChI is InChI=1S/C17H21NOS/c1-12(15-8-5-9-20-15)18-11-14-7-4-6-13-10-17(2,3)19-16(13)14/h4-9,12,18H,10-11H2,1-3H3/t12-/m1/s1. The zero-order chi connectivity index (χ0) is 14.2. The Kier molecular flexibility index (Phi) is 3.57. The second kappa shape index (κ2) is 5.23. The number of thiophene rings is 1. The van der Waals surface area contributed by atoms with Crippen molar-refractivity contribution in [2.75, 3.05) is 0 Å². The fraction of sp³-hybridized carbons (Fsp3) is 0.412. The molecule has 0 saturated carbocycles. The Bertz CT molecular complexity index is 589. The summed E-state index contributed by atoms with van der Waals surface area (Å²) in [5.74, 6) is 1.09. The SMILES string of the molecule is C[C@@H](NCc1cccc2c1OC(C)(C)C2)c1cccs1. The number of fused-ring (bicyclic) bond motifs is 1. The van der Waals surface area contributed by atoms with Gasteiger partial charge >= 0.3 is 0 Å². The average Bonchev–Trinajstić information content (AvgIpc) is 3.01. The van der Waals surface area contributed by atoms with Gasteiger partial charge in [0.1, 0.15) is 11.4 Å². The minimum Gasteiger partial charge on any atom is -0.487 e. The van der Waals surface area contributed by atoms with Gasteiger partial charge in [-0.25, -0.2) is 0 Å². The number of para-hydroxylation sites is 1. The van der Waals surface area contributed by atoms with Gasteiger partial charge in [-0.3, -0.25) is 0 Å². The quantitative estimate of drug-likeness (QED) is 0.904. The maximum atomic E-state index is 6.11. The first-order valence-corrected chi connectivity index (χ1v) is 8.00. The Labute approximate surface area is 124 Å². The zero-order valence-corrected chi connectivity index (χ0v) is 13.1. The number of ether oxygens (including phenoxy) is 1. The molecule has 0 bridgehead atoms. The van der Waals surface area contributed by atoms with Crippen LogP contribution < -0.4 is 10.1 Å². The Morgan fingerprint density at radius 1 is 1.30 bits per heavy atom. The average molecular weight is 287 g/mol. The molecule has 3 rings (SSSR count). The Balaban J connectivity index is 1.72. The van der Waals surface area contributed by atoms with Gasteiger partial charge in [0.2, 0.25) is 0 Å². The first kappa shape index (κ1) is 13.7. The lowest BCUT2D eigenvalue weighted by Gasteiger charge is -2.19. The maximum Gasteiger partial charge on any atom is 0.127 e. The normalized spacial score (nSPS) is 17.6. The largest absolute Gasteiger partial charge is 0.487 e. The van der Waals surface area contributed by atoms with Crippen LogP contribution in [0, 0.1) is 0 Å². The van der Waals surface area contributed by atoms with Crippen LogP contribution in [-0.2, 0) is 13.0 Å². The Morgan fingerprint density at radius 3 is 2.90 bits per heavy atom. The van der Waals surface area contributed by atoms with E-state index in [0.717, 1.165) is 18.7 Å². The molecule has 106 valence electrons. The third-order valence-corrected chi connectivity index (χ3v) is 4.80. The molecule has 0 unspecified atom stereocenters. The summed E-state index contributed by atoms with van der Waals surface area (Å²) in [6.45, 7) is 7.36. The third kappa shape index (κ3) is 2.74. The smallest absolute Gasteiger partial charge is 0.127 e. The van der Waals surface area contributed by atoms with Crippen molar-refractivity contribution in [3.63, 3.8) is 0 Å². The van der Waals surface area contributed by atoms with E-state index in [1.54, 1.807) is 11.3 Å². The van der Waals surface area contributed by atoms with Crippen LogP contribution in [0.3, 0.4) is 0 Å². The molecule has 1 aliphatic heterocycles. The van der Waals surface area contributed by atoms with Crippen molar-refractivity contribution in [3.8, 4) is 5.75 Å². The van der Waals surface area contributed by atoms with Gasteiger partial charge in [0, 0.05) is 29.4 Å². The van der Waals surface area contributed by atoms with Crippen molar-refractivity contribution >= 4 is 11.3 Å². The Morgan fingerprint density at radius 2 is 2.15 bits per heavy atom. The molecular weight excluding hydrogens is 266 g/mol. The number of hydrogen-bond acceptors (Lipinski definition) is 3. The second-order valence-electron chi connectivity index (χ2n) is 6.06. The minimum atomic E-state index is -0.0716. The van der Waals surface area contributed by atoms with E-state index < -0.39 is 0 Å². The second-order valence-corrected chi connectivity index (χ2v) is 7.04. The number of nitrogens with one attached hydrogen (secondary N) is 1. The molecular formula is C17H21NOS. The molecule has 0 aliphatic carbocycles. The molecule has 0 spiro atoms. The Hall–Kier alpha value is -1.32. The van der Waals surface area contributed by atoms with Gasteiger partial charge in [-0.1, -0.05) is 24.3 Å². The van der Waals surface area contributed by atoms with E-state index in [1.165, 1.54) is 16.0 Å². The number of hydrogen-bond donors (Lipinski definition) is 1. The molecule has 0 amide bonds. The fourth-order valence-electron chi connectivity index (χ4n) is 2.72. The van der Waals surface area contributed by atoms with E-state index >= 15 is 0 Å². The van der Waals surface area contributed by atoms with Crippen molar-refractivity contribution in [2.45, 2.75) is 45.4 Å². The zero-order valence-electron chi connectivity index (χ0n) is 12.3. The van der Waals surface area contributed by atoms with E-state index in [-0.39, 0.29) is 5.60 Å². The lowest BCUT2D eigenvalue weighted by molar-refractivity contribution is 0.137. The summed E-state index contributed by atoms with van der Waals surface area (Å²) in [7, 11) is 0. The summed E-state index contributed by atoms with van der Waals surface area (Å²) in [4.78, 5) is 1.37. The van der Waals surface area contributed by atoms with Crippen molar-refractivity contribution in [1.29, 1.82) is 0 Å². The molecule has 20 heavy (non-hydrogen) atoms. The van der Waals surface area contributed by atoms with E-state index in [1.807, 2.05) is 0 Å². The van der Waals surface area contributed by atoms with Crippen LogP contribution in [0.5, 0.6) is 5.75 Å². The maximum absolute atomic E-state index is 6.11. The van der Waals surface area contributed by atoms with Gasteiger partial charge in [0.25, 0.3) is 0 Å². The minimum absolute atomic E-state index is 0.0716. The molecule has 2 nitrogen and oxygen atoms in total. The van der Waals surface area contributed by atoms with Crippen LogP contribution >= 0.6 is 11.3 Å². The van der Waals surface area contributed by atoms with Crippen LogP contribution in [0.1, 0.15) is 42.8 Å². The summed E-state index contributed by atoms with van der Waals surface area (Å²) in [6.07, 6.45) is 0.997. The van der Waals surface area contributed by atoms with Gasteiger partial charge in [0.15, 0.2) is 0 Å². The molecule has 2 aromatic rings. The van der Waals surface area contributed by atoms with E-state index in [0.29, 0.717) is 6.04 Å². The van der Waals surface area contributed by atoms with Crippen molar-refractivity contribution < 1.29 is 4.74 Å². The van der Waals surface area contributed by atoms with Crippen LogP contribution in [0.25, 0.3) is 0 Å². The molecule has 1 aliphatic rings. The highest BCUT2D eigenvalue weighted by molar-refractivity contribution is 7.10. The highest BCUT2D eigenvalue weighted by atomic mass is 32.1. The van der Waals surface area contributed by atoms with E-state index in [4.69, 9.17) is 4.74 Å². The highest BCUT2D eigenvalue weighted by Crippen LogP contribution is 2.37. The van der Waals surface area contributed by atoms with Crippen LogP contribution in [0.15, 0.2) is 35.7 Å². The van der Waals surface area contributed by atoms with Crippen LogP contribution in [0.4, 0.5) is 0 Å². The van der Waals surface area contributed by atoms with Gasteiger partial charge in [-0.2, -0.15) is 0 Å². The van der Waals surface area contributed by atoms with Crippen molar-refractivity contribution in [1.82, 2.24) is 5.32 Å². The summed E-state index contributed by atoms with van der Waals surface area (Å²) in [5, 5.41) is 5.71. The predicted octanol–water partition coefficient (Wildman–Crippen LogP) is 4.31. The lowest BCUT2D eigenvalue weighted by Crippen LogP contribution is -2.25. The molecule has 0 radical (unpaired) electrons. The van der Waals surface area contributed by atoms with Crippen LogP contribution in [0.2, 0.25) is 0 Å². The molecule has 2 heterocycles. The molecule has 0 fully saturated rings. The van der Waals surface area contributed by atoms with Crippen molar-refractivity contribution in [3.05, 3.63) is 51.7 Å². The summed E-state index contributed by atoms with van der Waals surface area (Å²) < 4.78 is 6.11. The topological polar surface area (TPSA) is 21.3 Å². The lowest BCUT2D eigenvalue weighted by atomic mass is 10.0. The van der Waals surface area contributed by atoms with Crippen LogP contribution in [-0.4, -0.2) is 5.60 Å². The first-order chi connectivity index (χ1) is 9.55. The van der Waals surface area contributed by atoms with Crippen molar-refractivity contribution in [2.24, 2.45) is 0 Å². The molecule has 3 heteroatoms. The molecule has 1 N–H and O–H groups in total. The number of rotatable bonds is 4. The van der Waals surface area contributed by atoms with E-state index in [9.17, 15) is 0 Å². The first-order valence-electron chi connectivity index (χ1n) is 7.12. The van der Waals surface area contributed by atoms with Gasteiger partial charge in [-0.15, -0.1) is 11.3 Å².